The molecule has 1 amide bonds. The van der Waals surface area contributed by atoms with Crippen molar-refractivity contribution in [1.82, 2.24) is 0 Å². The molecule has 3 aromatic rings. The van der Waals surface area contributed by atoms with Crippen molar-refractivity contribution in [2.45, 2.75) is 4.90 Å². The molecule has 0 saturated heterocycles. The van der Waals surface area contributed by atoms with Gasteiger partial charge in [0.1, 0.15) is 5.75 Å². The second-order valence-electron chi connectivity index (χ2n) is 5.79. The third kappa shape index (κ3) is 4.71. The molecule has 3 aromatic carbocycles. The largest absolute Gasteiger partial charge is 0.497 e. The van der Waals surface area contributed by atoms with Crippen LogP contribution < -0.4 is 14.8 Å². The third-order valence-electron chi connectivity index (χ3n) is 3.87. The van der Waals surface area contributed by atoms with E-state index < -0.39 is 15.9 Å². The van der Waals surface area contributed by atoms with Crippen molar-refractivity contribution in [3.63, 3.8) is 0 Å². The average molecular weight is 461 g/mol. The second-order valence-corrected chi connectivity index (χ2v) is 8.39. The van der Waals surface area contributed by atoms with Crippen molar-refractivity contribution in [2.75, 3.05) is 17.1 Å². The number of rotatable bonds is 6. The number of carbonyl (C=O) groups excluding carboxylic acids is 1. The maximum absolute atomic E-state index is 12.7. The van der Waals surface area contributed by atoms with Gasteiger partial charge in [0, 0.05) is 10.2 Å². The van der Waals surface area contributed by atoms with Crippen molar-refractivity contribution in [1.29, 1.82) is 0 Å². The highest BCUT2D eigenvalue weighted by Gasteiger charge is 2.19. The number of halogens is 1. The van der Waals surface area contributed by atoms with Gasteiger partial charge >= 0.3 is 0 Å². The van der Waals surface area contributed by atoms with Crippen LogP contribution in [-0.2, 0) is 10.0 Å². The predicted molar refractivity (Wildman–Crippen MR) is 112 cm³/mol. The lowest BCUT2D eigenvalue weighted by Crippen LogP contribution is -2.18. The Kier molecular flexibility index (Phi) is 6.01. The van der Waals surface area contributed by atoms with Gasteiger partial charge in [-0.2, -0.15) is 0 Å². The van der Waals surface area contributed by atoms with E-state index in [1.807, 2.05) is 6.07 Å². The zero-order chi connectivity index (χ0) is 20.1. The number of benzene rings is 3. The molecule has 0 spiro atoms. The minimum atomic E-state index is -3.87. The van der Waals surface area contributed by atoms with Gasteiger partial charge in [-0.05, 0) is 54.6 Å². The summed E-state index contributed by atoms with van der Waals surface area (Å²) >= 11 is 3.35. The van der Waals surface area contributed by atoms with E-state index in [0.717, 1.165) is 4.47 Å². The van der Waals surface area contributed by atoms with E-state index >= 15 is 0 Å². The Balaban J connectivity index is 1.86. The molecule has 144 valence electrons. The van der Waals surface area contributed by atoms with E-state index in [2.05, 4.69) is 26.0 Å². The van der Waals surface area contributed by atoms with Gasteiger partial charge in [-0.3, -0.25) is 9.52 Å². The first-order chi connectivity index (χ1) is 13.4. The molecule has 0 unspecified atom stereocenters. The second kappa shape index (κ2) is 8.45. The number of sulfonamides is 1. The van der Waals surface area contributed by atoms with Crippen LogP contribution in [0.5, 0.6) is 5.75 Å². The Labute approximate surface area is 171 Å². The minimum Gasteiger partial charge on any atom is -0.497 e. The molecular weight excluding hydrogens is 444 g/mol. The summed E-state index contributed by atoms with van der Waals surface area (Å²) in [6.45, 7) is 0. The number of hydrogen-bond donors (Lipinski definition) is 2. The van der Waals surface area contributed by atoms with Crippen LogP contribution in [0.4, 0.5) is 11.4 Å². The highest BCUT2D eigenvalue weighted by atomic mass is 79.9. The summed E-state index contributed by atoms with van der Waals surface area (Å²) in [5.74, 6) is 0.124. The molecule has 0 bridgehead atoms. The highest BCUT2D eigenvalue weighted by Crippen LogP contribution is 2.23. The summed E-state index contributed by atoms with van der Waals surface area (Å²) in [6, 6.07) is 19.5. The van der Waals surface area contributed by atoms with Crippen LogP contribution >= 0.6 is 15.9 Å². The SMILES string of the molecule is COc1ccc(S(=O)(=O)Nc2ccccc2C(=O)Nc2cccc(Br)c2)cc1. The van der Waals surface area contributed by atoms with Gasteiger partial charge in [0.05, 0.1) is 23.3 Å². The van der Waals surface area contributed by atoms with Crippen molar-refractivity contribution < 1.29 is 17.9 Å². The number of para-hydroxylation sites is 1. The van der Waals surface area contributed by atoms with E-state index in [9.17, 15) is 13.2 Å². The van der Waals surface area contributed by atoms with E-state index in [0.29, 0.717) is 11.4 Å². The quantitative estimate of drug-likeness (QED) is 0.566. The lowest BCUT2D eigenvalue weighted by atomic mass is 10.1. The first-order valence-corrected chi connectivity index (χ1v) is 10.5. The number of amides is 1. The Morgan fingerprint density at radius 3 is 2.36 bits per heavy atom. The third-order valence-corrected chi connectivity index (χ3v) is 5.74. The van der Waals surface area contributed by atoms with Crippen LogP contribution in [0.25, 0.3) is 0 Å². The molecule has 0 saturated carbocycles. The summed E-state index contributed by atoms with van der Waals surface area (Å²) in [4.78, 5) is 12.7. The topological polar surface area (TPSA) is 84.5 Å². The summed E-state index contributed by atoms with van der Waals surface area (Å²) in [6.07, 6.45) is 0. The number of ether oxygens (including phenoxy) is 1. The standard InChI is InChI=1S/C20H17BrN2O4S/c1-27-16-9-11-17(12-10-16)28(25,26)23-19-8-3-2-7-18(19)20(24)22-15-6-4-5-14(21)13-15/h2-13,23H,1H3,(H,22,24). The van der Waals surface area contributed by atoms with Crippen molar-refractivity contribution >= 4 is 43.2 Å². The molecule has 0 radical (unpaired) electrons. The molecule has 3 rings (SSSR count). The van der Waals surface area contributed by atoms with Gasteiger partial charge in [-0.15, -0.1) is 0 Å². The summed E-state index contributed by atoms with van der Waals surface area (Å²) < 4.78 is 33.7. The fourth-order valence-electron chi connectivity index (χ4n) is 2.49. The van der Waals surface area contributed by atoms with Crippen LogP contribution in [-0.4, -0.2) is 21.4 Å². The molecule has 0 aliphatic heterocycles. The Morgan fingerprint density at radius 1 is 0.964 bits per heavy atom. The molecule has 0 heterocycles. The van der Waals surface area contributed by atoms with Gasteiger partial charge in [0.2, 0.25) is 0 Å². The maximum atomic E-state index is 12.7. The molecule has 28 heavy (non-hydrogen) atoms. The van der Waals surface area contributed by atoms with Crippen LogP contribution in [0.15, 0.2) is 82.2 Å². The van der Waals surface area contributed by atoms with Gasteiger partial charge in [-0.25, -0.2) is 8.42 Å². The molecule has 6 nitrogen and oxygen atoms in total. The fraction of sp³-hybridized carbons (Fsp3) is 0.0500. The zero-order valence-corrected chi connectivity index (χ0v) is 17.2. The Hall–Kier alpha value is -2.84. The molecular formula is C20H17BrN2O4S. The summed E-state index contributed by atoms with van der Waals surface area (Å²) in [7, 11) is -2.37. The van der Waals surface area contributed by atoms with Gasteiger partial charge in [-0.1, -0.05) is 34.1 Å². The molecule has 0 fully saturated rings. The average Bonchev–Trinajstić information content (AvgIpc) is 2.68. The summed E-state index contributed by atoms with van der Waals surface area (Å²) in [5.41, 5.74) is 0.984. The van der Waals surface area contributed by atoms with Crippen LogP contribution in [0.3, 0.4) is 0 Å². The monoisotopic (exact) mass is 460 g/mol. The highest BCUT2D eigenvalue weighted by molar-refractivity contribution is 9.10. The van der Waals surface area contributed by atoms with Crippen molar-refractivity contribution in [3.8, 4) is 5.75 Å². The van der Waals surface area contributed by atoms with Crippen LogP contribution in [0.2, 0.25) is 0 Å². The summed E-state index contributed by atoms with van der Waals surface area (Å²) in [5, 5.41) is 2.76. The lowest BCUT2D eigenvalue weighted by molar-refractivity contribution is 0.102. The Morgan fingerprint density at radius 2 is 1.68 bits per heavy atom. The van der Waals surface area contributed by atoms with E-state index in [1.54, 1.807) is 48.5 Å². The normalized spacial score (nSPS) is 10.9. The molecule has 0 aliphatic rings. The molecule has 0 aromatic heterocycles. The van der Waals surface area contributed by atoms with E-state index in [-0.39, 0.29) is 16.1 Å². The smallest absolute Gasteiger partial charge is 0.261 e. The number of methoxy groups -OCH3 is 1. The number of nitrogens with one attached hydrogen (secondary N) is 2. The molecule has 0 aliphatic carbocycles. The molecule has 0 atom stereocenters. The zero-order valence-electron chi connectivity index (χ0n) is 14.8. The van der Waals surface area contributed by atoms with E-state index in [1.165, 1.54) is 25.3 Å². The predicted octanol–water partition coefficient (Wildman–Crippen LogP) is 4.51. The van der Waals surface area contributed by atoms with E-state index in [4.69, 9.17) is 4.74 Å². The number of carbonyl (C=O) groups is 1. The molecule has 8 heteroatoms. The fourth-order valence-corrected chi connectivity index (χ4v) is 3.97. The van der Waals surface area contributed by atoms with Crippen LogP contribution in [0, 0.1) is 0 Å². The first kappa shape index (κ1) is 19.9. The van der Waals surface area contributed by atoms with Gasteiger partial charge in [0.25, 0.3) is 15.9 Å². The first-order valence-electron chi connectivity index (χ1n) is 8.22. The van der Waals surface area contributed by atoms with Crippen LogP contribution in [0.1, 0.15) is 10.4 Å². The maximum Gasteiger partial charge on any atom is 0.261 e. The number of hydrogen-bond acceptors (Lipinski definition) is 4. The lowest BCUT2D eigenvalue weighted by Gasteiger charge is -2.13. The van der Waals surface area contributed by atoms with Crippen molar-refractivity contribution in [3.05, 3.63) is 82.8 Å². The van der Waals surface area contributed by atoms with Gasteiger partial charge < -0.3 is 10.1 Å². The van der Waals surface area contributed by atoms with Crippen molar-refractivity contribution in [2.24, 2.45) is 0 Å². The van der Waals surface area contributed by atoms with Gasteiger partial charge in [0.15, 0.2) is 0 Å². The molecule has 2 N–H and O–H groups in total. The minimum absolute atomic E-state index is 0.0653. The number of anilines is 2. The Bertz CT molecular complexity index is 1100.